The molecule has 0 N–H and O–H groups in total. The third kappa shape index (κ3) is 3.46. The number of sulfone groups is 1. The summed E-state index contributed by atoms with van der Waals surface area (Å²) in [6.07, 6.45) is 0. The van der Waals surface area contributed by atoms with E-state index < -0.39 is 9.84 Å². The van der Waals surface area contributed by atoms with Gasteiger partial charge in [-0.2, -0.15) is 0 Å². The van der Waals surface area contributed by atoms with Crippen LogP contribution in [0.15, 0.2) is 22.7 Å². The van der Waals surface area contributed by atoms with Crippen LogP contribution in [0.4, 0.5) is 0 Å². The Morgan fingerprint density at radius 2 is 2.00 bits per heavy atom. The summed E-state index contributed by atoms with van der Waals surface area (Å²) >= 11 is 3.51. The Kier molecular flexibility index (Phi) is 4.29. The summed E-state index contributed by atoms with van der Waals surface area (Å²) in [6.45, 7) is 1.95. The number of benzene rings is 1. The molecule has 4 nitrogen and oxygen atoms in total. The molecule has 1 aliphatic rings. The quantitative estimate of drug-likeness (QED) is 0.844. The van der Waals surface area contributed by atoms with Crippen LogP contribution in [0.5, 0.6) is 5.75 Å². The number of halogens is 1. The fourth-order valence-corrected chi connectivity index (χ4v) is 3.60. The Morgan fingerprint density at radius 3 is 2.61 bits per heavy atom. The van der Waals surface area contributed by atoms with Crippen LogP contribution in [0.1, 0.15) is 5.56 Å². The molecule has 1 aliphatic heterocycles. The molecule has 0 bridgehead atoms. The maximum absolute atomic E-state index is 11.4. The number of ether oxygens (including phenoxy) is 1. The highest BCUT2D eigenvalue weighted by molar-refractivity contribution is 9.10. The summed E-state index contributed by atoms with van der Waals surface area (Å²) in [6, 6.07) is 5.83. The maximum Gasteiger partial charge on any atom is 0.152 e. The Morgan fingerprint density at radius 1 is 1.33 bits per heavy atom. The molecule has 0 aromatic heterocycles. The second-order valence-electron chi connectivity index (χ2n) is 4.39. The first kappa shape index (κ1) is 13.8. The van der Waals surface area contributed by atoms with Crippen LogP contribution in [0.25, 0.3) is 0 Å². The summed E-state index contributed by atoms with van der Waals surface area (Å²) in [5.74, 6) is 1.33. The van der Waals surface area contributed by atoms with Crippen LogP contribution < -0.4 is 4.74 Å². The highest BCUT2D eigenvalue weighted by Gasteiger charge is 2.21. The lowest BCUT2D eigenvalue weighted by atomic mass is 10.2. The number of hydrogen-bond acceptors (Lipinski definition) is 4. The van der Waals surface area contributed by atoms with Crippen molar-refractivity contribution in [3.8, 4) is 5.75 Å². The Hall–Kier alpha value is -0.590. The van der Waals surface area contributed by atoms with E-state index in [1.807, 2.05) is 18.2 Å². The van der Waals surface area contributed by atoms with Gasteiger partial charge >= 0.3 is 0 Å². The molecule has 2 rings (SSSR count). The van der Waals surface area contributed by atoms with E-state index in [-0.39, 0.29) is 11.5 Å². The van der Waals surface area contributed by atoms with Gasteiger partial charge in [0.1, 0.15) is 5.75 Å². The Labute approximate surface area is 116 Å². The van der Waals surface area contributed by atoms with Crippen LogP contribution in [0.3, 0.4) is 0 Å². The summed E-state index contributed by atoms with van der Waals surface area (Å²) in [4.78, 5) is 2.15. The standard InChI is InChI=1S/C12H16BrNO3S/c1-17-11-2-3-12(13)10(8-11)9-14-4-6-18(15,16)7-5-14/h2-3,8H,4-7,9H2,1H3. The second kappa shape index (κ2) is 5.59. The van der Waals surface area contributed by atoms with Gasteiger partial charge in [-0.15, -0.1) is 0 Å². The molecular weight excluding hydrogens is 318 g/mol. The lowest BCUT2D eigenvalue weighted by Crippen LogP contribution is -2.39. The predicted molar refractivity (Wildman–Crippen MR) is 74.6 cm³/mol. The van der Waals surface area contributed by atoms with E-state index in [1.54, 1.807) is 7.11 Å². The summed E-state index contributed by atoms with van der Waals surface area (Å²) in [5.41, 5.74) is 1.12. The number of hydrogen-bond donors (Lipinski definition) is 0. The van der Waals surface area contributed by atoms with Crippen molar-refractivity contribution >= 4 is 25.8 Å². The van der Waals surface area contributed by atoms with Crippen LogP contribution in [-0.2, 0) is 16.4 Å². The fourth-order valence-electron chi connectivity index (χ4n) is 1.95. The van der Waals surface area contributed by atoms with Crippen molar-refractivity contribution in [3.63, 3.8) is 0 Å². The molecule has 1 aromatic carbocycles. The fraction of sp³-hybridized carbons (Fsp3) is 0.500. The Balaban J connectivity index is 2.06. The summed E-state index contributed by atoms with van der Waals surface area (Å²) < 4.78 is 28.9. The van der Waals surface area contributed by atoms with Crippen molar-refractivity contribution < 1.29 is 13.2 Å². The zero-order valence-electron chi connectivity index (χ0n) is 10.2. The zero-order valence-corrected chi connectivity index (χ0v) is 12.6. The summed E-state index contributed by atoms with van der Waals surface area (Å²) in [7, 11) is -1.17. The minimum atomic E-state index is -2.81. The maximum atomic E-state index is 11.4. The van der Waals surface area contributed by atoms with Crippen molar-refractivity contribution in [3.05, 3.63) is 28.2 Å². The average Bonchev–Trinajstić information content (AvgIpc) is 2.34. The van der Waals surface area contributed by atoms with E-state index in [9.17, 15) is 8.42 Å². The van der Waals surface area contributed by atoms with Gasteiger partial charge in [-0.1, -0.05) is 15.9 Å². The average molecular weight is 334 g/mol. The molecule has 0 spiro atoms. The third-order valence-corrected chi connectivity index (χ3v) is 5.47. The van der Waals surface area contributed by atoms with Gasteiger partial charge < -0.3 is 4.74 Å². The van der Waals surface area contributed by atoms with Crippen LogP contribution in [-0.4, -0.2) is 45.0 Å². The number of nitrogens with zero attached hydrogens (tertiary/aromatic N) is 1. The van der Waals surface area contributed by atoms with Gasteiger partial charge in [-0.3, -0.25) is 4.90 Å². The third-order valence-electron chi connectivity index (χ3n) is 3.08. The van der Waals surface area contributed by atoms with Gasteiger partial charge in [0, 0.05) is 24.1 Å². The van der Waals surface area contributed by atoms with Crippen molar-refractivity contribution in [2.24, 2.45) is 0 Å². The zero-order chi connectivity index (χ0) is 13.2. The van der Waals surface area contributed by atoms with E-state index in [2.05, 4.69) is 20.8 Å². The molecule has 1 heterocycles. The predicted octanol–water partition coefficient (Wildman–Crippen LogP) is 1.69. The molecule has 0 radical (unpaired) electrons. The van der Waals surface area contributed by atoms with E-state index in [0.717, 1.165) is 22.3 Å². The molecule has 6 heteroatoms. The first-order valence-corrected chi connectivity index (χ1v) is 8.37. The lowest BCUT2D eigenvalue weighted by Gasteiger charge is -2.26. The van der Waals surface area contributed by atoms with E-state index in [4.69, 9.17) is 4.74 Å². The highest BCUT2D eigenvalue weighted by atomic mass is 79.9. The van der Waals surface area contributed by atoms with Crippen LogP contribution in [0.2, 0.25) is 0 Å². The van der Waals surface area contributed by atoms with Crippen LogP contribution in [0, 0.1) is 0 Å². The Bertz CT molecular complexity index is 516. The first-order valence-electron chi connectivity index (χ1n) is 5.75. The normalized spacial score (nSPS) is 19.7. The molecule has 0 unspecified atom stereocenters. The van der Waals surface area contributed by atoms with E-state index in [0.29, 0.717) is 13.1 Å². The van der Waals surface area contributed by atoms with Crippen molar-refractivity contribution in [1.29, 1.82) is 0 Å². The molecule has 1 saturated heterocycles. The molecule has 0 amide bonds. The van der Waals surface area contributed by atoms with Gasteiger partial charge in [-0.25, -0.2) is 8.42 Å². The lowest BCUT2D eigenvalue weighted by molar-refractivity contribution is 0.286. The number of methoxy groups -OCH3 is 1. The minimum absolute atomic E-state index is 0.259. The first-order chi connectivity index (χ1) is 8.50. The molecule has 0 saturated carbocycles. The summed E-state index contributed by atoms with van der Waals surface area (Å²) in [5, 5.41) is 0. The van der Waals surface area contributed by atoms with Gasteiger partial charge in [0.25, 0.3) is 0 Å². The minimum Gasteiger partial charge on any atom is -0.497 e. The molecule has 0 aliphatic carbocycles. The van der Waals surface area contributed by atoms with Crippen molar-refractivity contribution in [1.82, 2.24) is 4.90 Å². The molecular formula is C12H16BrNO3S. The SMILES string of the molecule is COc1ccc(Br)c(CN2CCS(=O)(=O)CC2)c1. The van der Waals surface area contributed by atoms with E-state index in [1.165, 1.54) is 0 Å². The molecule has 18 heavy (non-hydrogen) atoms. The van der Waals surface area contributed by atoms with Gasteiger partial charge in [0.15, 0.2) is 9.84 Å². The van der Waals surface area contributed by atoms with Crippen LogP contribution >= 0.6 is 15.9 Å². The smallest absolute Gasteiger partial charge is 0.152 e. The molecule has 0 atom stereocenters. The van der Waals surface area contributed by atoms with Gasteiger partial charge in [0.05, 0.1) is 18.6 Å². The highest BCUT2D eigenvalue weighted by Crippen LogP contribution is 2.24. The molecule has 1 fully saturated rings. The number of rotatable bonds is 3. The largest absolute Gasteiger partial charge is 0.497 e. The van der Waals surface area contributed by atoms with Crippen molar-refractivity contribution in [2.75, 3.05) is 31.7 Å². The van der Waals surface area contributed by atoms with E-state index >= 15 is 0 Å². The van der Waals surface area contributed by atoms with Gasteiger partial charge in [0.2, 0.25) is 0 Å². The molecule has 1 aromatic rings. The topological polar surface area (TPSA) is 46.6 Å². The van der Waals surface area contributed by atoms with Crippen molar-refractivity contribution in [2.45, 2.75) is 6.54 Å². The molecule has 100 valence electrons. The monoisotopic (exact) mass is 333 g/mol. The second-order valence-corrected chi connectivity index (χ2v) is 7.54. The van der Waals surface area contributed by atoms with Gasteiger partial charge in [-0.05, 0) is 23.8 Å².